The van der Waals surface area contributed by atoms with Crippen LogP contribution in [0.2, 0.25) is 0 Å². The lowest BCUT2D eigenvalue weighted by molar-refractivity contribution is 0.194. The van der Waals surface area contributed by atoms with Crippen LogP contribution in [0.25, 0.3) is 16.2 Å². The minimum absolute atomic E-state index is 0.542. The number of hydrogen-bond acceptors (Lipinski definition) is 3. The minimum Gasteiger partial charge on any atom is -0.387 e. The third kappa shape index (κ3) is 1.74. The molecule has 18 heavy (non-hydrogen) atoms. The van der Waals surface area contributed by atoms with E-state index in [-0.39, 0.29) is 0 Å². The van der Waals surface area contributed by atoms with Gasteiger partial charge in [0.2, 0.25) is 0 Å². The highest BCUT2D eigenvalue weighted by Gasteiger charge is 2.18. The molecule has 0 fully saturated rings. The fourth-order valence-corrected chi connectivity index (χ4v) is 2.88. The zero-order valence-corrected chi connectivity index (χ0v) is 11.1. The Morgan fingerprint density at radius 3 is 2.89 bits per heavy atom. The van der Waals surface area contributed by atoms with E-state index < -0.39 is 6.10 Å². The summed E-state index contributed by atoms with van der Waals surface area (Å²) in [7, 11) is 0. The van der Waals surface area contributed by atoms with Crippen LogP contribution >= 0.6 is 11.3 Å². The van der Waals surface area contributed by atoms with Crippen LogP contribution in [0, 0.1) is 6.92 Å². The number of nitrogens with zero attached hydrogens (tertiary/aromatic N) is 2. The molecule has 3 nitrogen and oxygen atoms in total. The van der Waals surface area contributed by atoms with Gasteiger partial charge in [-0.25, -0.2) is 4.98 Å². The van der Waals surface area contributed by atoms with Gasteiger partial charge in [-0.15, -0.1) is 11.3 Å². The van der Waals surface area contributed by atoms with Gasteiger partial charge in [-0.2, -0.15) is 0 Å². The topological polar surface area (TPSA) is 37.5 Å². The van der Waals surface area contributed by atoms with E-state index in [2.05, 4.69) is 4.98 Å². The van der Waals surface area contributed by atoms with Crippen LogP contribution in [0.4, 0.5) is 0 Å². The number of thiophene rings is 1. The number of aliphatic hydroxyl groups excluding tert-OH is 1. The number of rotatable bonds is 2. The zero-order chi connectivity index (χ0) is 12.7. The number of pyridine rings is 1. The molecular formula is C14H14N2OS. The minimum atomic E-state index is -0.542. The van der Waals surface area contributed by atoms with Crippen LogP contribution in [0.3, 0.4) is 0 Å². The summed E-state index contributed by atoms with van der Waals surface area (Å²) in [4.78, 5) is 5.74. The second kappa shape index (κ2) is 4.23. The highest BCUT2D eigenvalue weighted by atomic mass is 32.1. The molecule has 3 aromatic heterocycles. The van der Waals surface area contributed by atoms with Gasteiger partial charge in [0, 0.05) is 6.20 Å². The molecule has 0 aliphatic heterocycles. The third-order valence-corrected chi connectivity index (χ3v) is 3.85. The highest BCUT2D eigenvalue weighted by molar-refractivity contribution is 7.13. The standard InChI is InChI=1S/C14H14N2OS/c1-9-5-6-16-12(8-9)15-13(14(16)10(2)17)11-4-3-7-18-11/h3-8,10,17H,1-2H3. The Morgan fingerprint density at radius 2 is 2.22 bits per heavy atom. The molecular weight excluding hydrogens is 244 g/mol. The van der Waals surface area contributed by atoms with Crippen molar-refractivity contribution >= 4 is 17.0 Å². The van der Waals surface area contributed by atoms with Crippen molar-refractivity contribution in [2.24, 2.45) is 0 Å². The lowest BCUT2D eigenvalue weighted by atomic mass is 10.2. The van der Waals surface area contributed by atoms with Gasteiger partial charge in [-0.3, -0.25) is 0 Å². The van der Waals surface area contributed by atoms with Crippen molar-refractivity contribution in [3.63, 3.8) is 0 Å². The first-order valence-electron chi connectivity index (χ1n) is 5.87. The van der Waals surface area contributed by atoms with Crippen LogP contribution in [0.1, 0.15) is 24.3 Å². The summed E-state index contributed by atoms with van der Waals surface area (Å²) in [5.41, 5.74) is 3.79. The van der Waals surface area contributed by atoms with Gasteiger partial charge in [0.25, 0.3) is 0 Å². The molecule has 0 saturated heterocycles. The number of hydrogen-bond donors (Lipinski definition) is 1. The Morgan fingerprint density at radius 1 is 1.39 bits per heavy atom. The Balaban J connectivity index is 2.34. The summed E-state index contributed by atoms with van der Waals surface area (Å²) in [6.45, 7) is 3.82. The van der Waals surface area contributed by atoms with E-state index in [1.54, 1.807) is 18.3 Å². The number of aryl methyl sites for hydroxylation is 1. The molecule has 0 aliphatic carbocycles. The summed E-state index contributed by atoms with van der Waals surface area (Å²) in [6.07, 6.45) is 1.43. The molecule has 3 heterocycles. The molecule has 92 valence electrons. The smallest absolute Gasteiger partial charge is 0.138 e. The van der Waals surface area contributed by atoms with Crippen molar-refractivity contribution < 1.29 is 5.11 Å². The van der Waals surface area contributed by atoms with Gasteiger partial charge in [-0.05, 0) is 43.0 Å². The maximum Gasteiger partial charge on any atom is 0.138 e. The Labute approximate surface area is 109 Å². The SMILES string of the molecule is Cc1ccn2c(C(C)O)c(-c3cccs3)nc2c1. The second-order valence-electron chi connectivity index (χ2n) is 4.43. The van der Waals surface area contributed by atoms with Crippen molar-refractivity contribution in [2.75, 3.05) is 0 Å². The molecule has 1 atom stereocenters. The van der Waals surface area contributed by atoms with Crippen molar-refractivity contribution in [1.82, 2.24) is 9.38 Å². The number of aromatic nitrogens is 2. The van der Waals surface area contributed by atoms with Crippen LogP contribution < -0.4 is 0 Å². The van der Waals surface area contributed by atoms with Crippen molar-refractivity contribution in [2.45, 2.75) is 20.0 Å². The first-order valence-corrected chi connectivity index (χ1v) is 6.75. The number of fused-ring (bicyclic) bond motifs is 1. The largest absolute Gasteiger partial charge is 0.387 e. The first-order chi connectivity index (χ1) is 8.66. The third-order valence-electron chi connectivity index (χ3n) is 2.97. The average molecular weight is 258 g/mol. The maximum absolute atomic E-state index is 10.0. The summed E-state index contributed by atoms with van der Waals surface area (Å²) in [5, 5.41) is 12.0. The normalized spacial score (nSPS) is 13.1. The summed E-state index contributed by atoms with van der Waals surface area (Å²) >= 11 is 1.64. The Kier molecular flexibility index (Phi) is 2.69. The van der Waals surface area contributed by atoms with Gasteiger partial charge < -0.3 is 9.51 Å². The van der Waals surface area contributed by atoms with Gasteiger partial charge in [-0.1, -0.05) is 6.07 Å². The molecule has 0 bridgehead atoms. The maximum atomic E-state index is 10.0. The molecule has 0 aliphatic rings. The predicted molar refractivity (Wildman–Crippen MR) is 73.9 cm³/mol. The molecule has 0 amide bonds. The number of aliphatic hydroxyl groups is 1. The average Bonchev–Trinajstić information content (AvgIpc) is 2.93. The monoisotopic (exact) mass is 258 g/mol. The number of imidazole rings is 1. The van der Waals surface area contributed by atoms with E-state index in [0.717, 1.165) is 21.9 Å². The summed E-state index contributed by atoms with van der Waals surface area (Å²) in [5.74, 6) is 0. The molecule has 0 aromatic carbocycles. The van der Waals surface area contributed by atoms with Crippen molar-refractivity contribution in [3.05, 3.63) is 47.1 Å². The molecule has 4 heteroatoms. The molecule has 1 N–H and O–H groups in total. The fourth-order valence-electron chi connectivity index (χ4n) is 2.16. The molecule has 0 spiro atoms. The van der Waals surface area contributed by atoms with Crippen molar-refractivity contribution in [3.8, 4) is 10.6 Å². The molecule has 0 radical (unpaired) electrons. The van der Waals surface area contributed by atoms with Gasteiger partial charge in [0.15, 0.2) is 0 Å². The molecule has 3 aromatic rings. The van der Waals surface area contributed by atoms with E-state index in [1.165, 1.54) is 5.56 Å². The van der Waals surface area contributed by atoms with Crippen LogP contribution in [-0.4, -0.2) is 14.5 Å². The summed E-state index contributed by atoms with van der Waals surface area (Å²) < 4.78 is 1.96. The predicted octanol–water partition coefficient (Wildman–Crippen LogP) is 3.42. The van der Waals surface area contributed by atoms with Gasteiger partial charge >= 0.3 is 0 Å². The van der Waals surface area contributed by atoms with Crippen LogP contribution in [-0.2, 0) is 0 Å². The lowest BCUT2D eigenvalue weighted by Crippen LogP contribution is -1.98. The van der Waals surface area contributed by atoms with E-state index in [1.807, 2.05) is 47.2 Å². The lowest BCUT2D eigenvalue weighted by Gasteiger charge is -2.06. The van der Waals surface area contributed by atoms with Crippen LogP contribution in [0.5, 0.6) is 0 Å². The zero-order valence-electron chi connectivity index (χ0n) is 10.3. The van der Waals surface area contributed by atoms with E-state index >= 15 is 0 Å². The Hall–Kier alpha value is -1.65. The first kappa shape index (κ1) is 11.4. The van der Waals surface area contributed by atoms with Gasteiger partial charge in [0.05, 0.1) is 16.7 Å². The second-order valence-corrected chi connectivity index (χ2v) is 5.38. The van der Waals surface area contributed by atoms with Crippen LogP contribution in [0.15, 0.2) is 35.8 Å². The summed E-state index contributed by atoms with van der Waals surface area (Å²) in [6, 6.07) is 8.09. The Bertz CT molecular complexity index is 683. The van der Waals surface area contributed by atoms with E-state index in [9.17, 15) is 5.11 Å². The van der Waals surface area contributed by atoms with E-state index in [0.29, 0.717) is 0 Å². The van der Waals surface area contributed by atoms with Crippen molar-refractivity contribution in [1.29, 1.82) is 0 Å². The molecule has 3 rings (SSSR count). The fraction of sp³-hybridized carbons (Fsp3) is 0.214. The van der Waals surface area contributed by atoms with E-state index in [4.69, 9.17) is 0 Å². The molecule has 1 unspecified atom stereocenters. The quantitative estimate of drug-likeness (QED) is 0.764. The van der Waals surface area contributed by atoms with Gasteiger partial charge in [0.1, 0.15) is 11.3 Å². The molecule has 0 saturated carbocycles. The highest BCUT2D eigenvalue weighted by Crippen LogP contribution is 2.31.